The Morgan fingerprint density at radius 1 is 0.667 bits per heavy atom. The van der Waals surface area contributed by atoms with E-state index in [0.717, 1.165) is 0 Å². The Labute approximate surface area is 149 Å². The van der Waals surface area contributed by atoms with Gasteiger partial charge in [-0.1, -0.05) is 0 Å². The molecule has 1 saturated carbocycles. The van der Waals surface area contributed by atoms with E-state index >= 15 is 0 Å². The minimum Gasteiger partial charge on any atom is -0.0496 e. The van der Waals surface area contributed by atoms with Crippen molar-refractivity contribution in [1.29, 1.82) is 0 Å². The molecule has 0 aromatic carbocycles. The van der Waals surface area contributed by atoms with Crippen LogP contribution in [0.4, 0.5) is 0 Å². The molecule has 0 aromatic heterocycles. The summed E-state index contributed by atoms with van der Waals surface area (Å²) < 4.78 is 22.5. The third kappa shape index (κ3) is 39.1. The molecule has 0 spiro atoms. The predicted octanol–water partition coefficient (Wildman–Crippen LogP) is -1.31. The fourth-order valence-corrected chi connectivity index (χ4v) is 0.606. The van der Waals surface area contributed by atoms with Crippen LogP contribution in [-0.2, 0) is 35.0 Å². The van der Waals surface area contributed by atoms with Crippen LogP contribution in [0.3, 0.4) is 0 Å². The molecule has 5 radical (unpaired) electrons. The molecule has 0 N–H and O–H groups in total. The molecular formula is C10H9KMoO3+. The molecule has 1 aliphatic rings. The van der Waals surface area contributed by atoms with Crippen molar-refractivity contribution >= 4 is 0 Å². The van der Waals surface area contributed by atoms with E-state index in [1.54, 1.807) is 0 Å². The van der Waals surface area contributed by atoms with Crippen molar-refractivity contribution in [2.24, 2.45) is 0 Å². The summed E-state index contributed by atoms with van der Waals surface area (Å²) in [6.07, 6.45) is 13.0. The Kier molecular flexibility index (Phi) is 90.1. The van der Waals surface area contributed by atoms with Crippen LogP contribution >= 0.6 is 0 Å². The van der Waals surface area contributed by atoms with Gasteiger partial charge in [0.15, 0.2) is 0 Å². The second kappa shape index (κ2) is 45.0. The van der Waals surface area contributed by atoms with Gasteiger partial charge in [0, 0.05) is 21.1 Å². The van der Waals surface area contributed by atoms with Crippen LogP contribution in [0.15, 0.2) is 0 Å². The predicted molar refractivity (Wildman–Crippen MR) is 42.5 cm³/mol. The molecule has 0 amide bonds. The average molecular weight is 312 g/mol. The van der Waals surface area contributed by atoms with E-state index in [9.17, 15) is 0 Å². The van der Waals surface area contributed by atoms with Crippen LogP contribution in [0.25, 0.3) is 0 Å². The van der Waals surface area contributed by atoms with E-state index in [4.69, 9.17) is 14.0 Å². The first-order valence-electron chi connectivity index (χ1n) is 3.26. The normalized spacial score (nSPS) is 11.6. The minimum atomic E-state index is 0. The first-order chi connectivity index (χ1) is 6.50. The maximum absolute atomic E-state index is 7.50. The fourth-order valence-electron chi connectivity index (χ4n) is 0.606. The Morgan fingerprint density at radius 2 is 0.933 bits per heavy atom. The summed E-state index contributed by atoms with van der Waals surface area (Å²) in [4.78, 5) is 0. The topological polar surface area (TPSA) is 59.7 Å². The zero-order valence-electron chi connectivity index (χ0n) is 8.43. The molecule has 5 heteroatoms. The molecule has 0 heterocycles. The van der Waals surface area contributed by atoms with Crippen molar-refractivity contribution in [2.45, 2.75) is 12.8 Å². The summed E-state index contributed by atoms with van der Waals surface area (Å²) in [5.74, 6) is 0. The zero-order valence-corrected chi connectivity index (χ0v) is 13.6. The van der Waals surface area contributed by atoms with Gasteiger partial charge < -0.3 is 0 Å². The minimum absolute atomic E-state index is 0. The summed E-state index contributed by atoms with van der Waals surface area (Å²) in [5, 5.41) is 0. The van der Waals surface area contributed by atoms with E-state index in [2.05, 4.69) is 52.1 Å². The molecule has 1 fully saturated rings. The maximum atomic E-state index is 7.50. The van der Waals surface area contributed by atoms with Crippen molar-refractivity contribution in [3.63, 3.8) is 0 Å². The molecule has 73 valence electrons. The van der Waals surface area contributed by atoms with E-state index in [1.165, 1.54) is 12.8 Å². The number of rotatable bonds is 0. The van der Waals surface area contributed by atoms with Crippen LogP contribution in [0, 0.1) is 52.1 Å². The van der Waals surface area contributed by atoms with Gasteiger partial charge in [-0.15, -0.1) is 0 Å². The van der Waals surface area contributed by atoms with Crippen molar-refractivity contribution in [3.05, 3.63) is 52.1 Å². The number of hydrogen-bond donors (Lipinski definition) is 0. The van der Waals surface area contributed by atoms with Gasteiger partial charge in [-0.3, -0.25) is 0 Å². The van der Waals surface area contributed by atoms with Gasteiger partial charge in [-0.05, 0) is 44.9 Å². The largest absolute Gasteiger partial charge is 1.00 e. The van der Waals surface area contributed by atoms with E-state index in [-0.39, 0.29) is 72.4 Å². The third-order valence-electron chi connectivity index (χ3n) is 0.994. The van der Waals surface area contributed by atoms with Gasteiger partial charge in [0.1, 0.15) is 0 Å². The summed E-state index contributed by atoms with van der Waals surface area (Å²) >= 11 is 0. The molecule has 15 heavy (non-hydrogen) atoms. The summed E-state index contributed by atoms with van der Waals surface area (Å²) in [6.45, 7) is 13.5. The molecule has 3 nitrogen and oxygen atoms in total. The van der Waals surface area contributed by atoms with Crippen molar-refractivity contribution in [2.75, 3.05) is 0 Å². The number of hydrogen-bond acceptors (Lipinski definition) is 0. The Morgan fingerprint density at radius 3 is 1.20 bits per heavy atom. The van der Waals surface area contributed by atoms with Crippen LogP contribution in [0.5, 0.6) is 0 Å². The van der Waals surface area contributed by atoms with E-state index < -0.39 is 0 Å². The first-order valence-corrected chi connectivity index (χ1v) is 3.26. The molecule has 0 saturated heterocycles. The van der Waals surface area contributed by atoms with Crippen LogP contribution < -0.4 is 51.4 Å². The second-order valence-electron chi connectivity index (χ2n) is 1.63. The smallest absolute Gasteiger partial charge is 0.0496 e. The van der Waals surface area contributed by atoms with E-state index in [0.29, 0.717) is 0 Å². The molecular weight excluding hydrogens is 303 g/mol. The average Bonchev–Trinajstić information content (AvgIpc) is 2.58. The van der Waals surface area contributed by atoms with Gasteiger partial charge in [-0.2, -0.15) is 0 Å². The molecule has 0 unspecified atom stereocenters. The molecule has 0 bridgehead atoms. The van der Waals surface area contributed by atoms with Crippen molar-refractivity contribution in [3.8, 4) is 0 Å². The Hall–Kier alpha value is 1.54. The molecule has 0 aromatic rings. The zero-order chi connectivity index (χ0) is 10.9. The van der Waals surface area contributed by atoms with Crippen LogP contribution in [-0.4, -0.2) is 0 Å². The second-order valence-corrected chi connectivity index (χ2v) is 1.63. The molecule has 0 aliphatic heterocycles. The first kappa shape index (κ1) is 30.0. The molecule has 1 aliphatic carbocycles. The fraction of sp³-hybridized carbons (Fsp3) is 0.200. The standard InChI is InChI=1S/C7H9.3CO.K.Mo/c1-2-4-6-7-5-3-1;3*1-2;;/h1-5H,6-7H2;;;;;/q;;;;+1;. The maximum Gasteiger partial charge on any atom is 1.00 e. The van der Waals surface area contributed by atoms with Gasteiger partial charge in [0.2, 0.25) is 0 Å². The van der Waals surface area contributed by atoms with Crippen LogP contribution in [0.2, 0.25) is 0 Å². The van der Waals surface area contributed by atoms with Crippen molar-refractivity contribution < 1.29 is 86.4 Å². The van der Waals surface area contributed by atoms with Gasteiger partial charge >= 0.3 is 85.3 Å². The monoisotopic (exact) mass is 314 g/mol. The summed E-state index contributed by atoms with van der Waals surface area (Å²) in [6, 6.07) is 0. The summed E-state index contributed by atoms with van der Waals surface area (Å²) in [7, 11) is 0. The van der Waals surface area contributed by atoms with Gasteiger partial charge in [-0.25, -0.2) is 0 Å². The molecule has 0 atom stereocenters. The summed E-state index contributed by atoms with van der Waals surface area (Å²) in [5.41, 5.74) is 0. The third-order valence-corrected chi connectivity index (χ3v) is 0.994. The quantitative estimate of drug-likeness (QED) is 0.231. The van der Waals surface area contributed by atoms with Gasteiger partial charge in [0.05, 0.1) is 0 Å². The SMILES string of the molecule is [C-]#[O+].[C-]#[O+].[C-]#[O+].[CH]1[CH][CH]CC[CH][CH]1.[K+].[Mo]. The van der Waals surface area contributed by atoms with E-state index in [1.807, 2.05) is 0 Å². The van der Waals surface area contributed by atoms with Crippen LogP contribution in [0.1, 0.15) is 12.8 Å². The Bertz CT molecular complexity index is 100. The van der Waals surface area contributed by atoms with Gasteiger partial charge in [0.25, 0.3) is 0 Å². The molecule has 1 rings (SSSR count). The van der Waals surface area contributed by atoms with Crippen molar-refractivity contribution in [1.82, 2.24) is 0 Å². The Balaban J connectivity index is -0.0000000369.